The van der Waals surface area contributed by atoms with Crippen LogP contribution in [0.2, 0.25) is 0 Å². The fourth-order valence-electron chi connectivity index (χ4n) is 9.49. The average molecular weight is 794 g/mol. The molecular formula is C41H64BN7O8. The third-order valence-electron chi connectivity index (χ3n) is 12.8. The summed E-state index contributed by atoms with van der Waals surface area (Å²) in [6, 6.07) is 6.13. The van der Waals surface area contributed by atoms with Gasteiger partial charge in [0.25, 0.3) is 17.8 Å². The van der Waals surface area contributed by atoms with Gasteiger partial charge in [0.05, 0.1) is 28.8 Å². The molecule has 57 heavy (non-hydrogen) atoms. The maximum absolute atomic E-state index is 13.9. The first kappa shape index (κ1) is 44.1. The Morgan fingerprint density at radius 1 is 0.965 bits per heavy atom. The van der Waals surface area contributed by atoms with Crippen molar-refractivity contribution in [3.05, 3.63) is 45.5 Å². The molecule has 314 valence electrons. The summed E-state index contributed by atoms with van der Waals surface area (Å²) in [5.41, 5.74) is 8.14. The van der Waals surface area contributed by atoms with Crippen LogP contribution in [0.3, 0.4) is 0 Å². The fraction of sp³-hybridized carbons (Fsp3) is 0.732. The number of guanidine groups is 1. The highest BCUT2D eigenvalue weighted by atomic mass is 16.7. The van der Waals surface area contributed by atoms with Gasteiger partial charge in [-0.15, -0.1) is 0 Å². The smallest absolute Gasteiger partial charge is 0.404 e. The van der Waals surface area contributed by atoms with Crippen molar-refractivity contribution in [3.63, 3.8) is 0 Å². The van der Waals surface area contributed by atoms with Crippen molar-refractivity contribution in [1.82, 2.24) is 21.0 Å². The number of nitrogens with one attached hydrogen (secondary N) is 3. The molecule has 5 aliphatic rings. The number of nitrogens with zero attached hydrogens (tertiary/aromatic N) is 3. The molecule has 1 saturated heterocycles. The summed E-state index contributed by atoms with van der Waals surface area (Å²) in [6.45, 7) is 11.5. The van der Waals surface area contributed by atoms with E-state index in [2.05, 4.69) is 50.2 Å². The molecule has 2 aliphatic heterocycles. The van der Waals surface area contributed by atoms with Gasteiger partial charge >= 0.3 is 7.12 Å². The largest absolute Gasteiger partial charge is 0.481 e. The van der Waals surface area contributed by atoms with Gasteiger partial charge in [0.2, 0.25) is 11.8 Å². The van der Waals surface area contributed by atoms with E-state index in [4.69, 9.17) is 15.0 Å². The number of hydrogen-bond acceptors (Lipinski definition) is 9. The van der Waals surface area contributed by atoms with E-state index in [9.17, 15) is 29.3 Å². The van der Waals surface area contributed by atoms with Crippen molar-refractivity contribution < 1.29 is 33.5 Å². The van der Waals surface area contributed by atoms with E-state index in [-0.39, 0.29) is 60.0 Å². The topological polar surface area (TPSA) is 208 Å². The molecule has 4 fully saturated rings. The highest BCUT2D eigenvalue weighted by Gasteiger charge is 2.68. The van der Waals surface area contributed by atoms with Crippen LogP contribution in [0.5, 0.6) is 0 Å². The fourth-order valence-corrected chi connectivity index (χ4v) is 9.49. The molecule has 0 unspecified atom stereocenters. The van der Waals surface area contributed by atoms with Crippen LogP contribution in [0, 0.1) is 33.3 Å². The zero-order valence-corrected chi connectivity index (χ0v) is 34.6. The van der Waals surface area contributed by atoms with Crippen LogP contribution in [0.4, 0.5) is 0 Å². The number of hydrazine groups is 1. The van der Waals surface area contributed by atoms with E-state index < -0.39 is 29.7 Å². The second-order valence-corrected chi connectivity index (χ2v) is 17.7. The van der Waals surface area contributed by atoms with Crippen molar-refractivity contribution in [2.45, 2.75) is 155 Å². The first-order chi connectivity index (χ1) is 27.1. The first-order valence-electron chi connectivity index (χ1n) is 21.2. The molecule has 16 heteroatoms. The lowest BCUT2D eigenvalue weighted by atomic mass is 9.43. The quantitative estimate of drug-likeness (QED) is 0.0213. The molecule has 15 nitrogen and oxygen atoms in total. The SMILES string of the molecule is CC(C)C[C@H](NC(=O)[C@H](CCCN=C(N)N[N+](=O)[O-])NC(=O)CCCCCCCCCCCN1C(=O)c2ccccc2C1=O)B1O[C@@H]2C[C@H]3C[C@H](C3(C)C)[C@]2(C)O1. The number of rotatable bonds is 23. The second-order valence-electron chi connectivity index (χ2n) is 17.7. The molecular weight excluding hydrogens is 729 g/mol. The number of aliphatic imine (C=N–C) groups is 1. The molecule has 6 atom stereocenters. The van der Waals surface area contributed by atoms with Crippen LogP contribution in [0.15, 0.2) is 29.3 Å². The Labute approximate surface area is 337 Å². The molecule has 0 spiro atoms. The summed E-state index contributed by atoms with van der Waals surface area (Å²) in [4.78, 5) is 68.2. The Hall–Kier alpha value is -4.05. The van der Waals surface area contributed by atoms with Gasteiger partial charge in [-0.25, -0.2) is 15.1 Å². The summed E-state index contributed by atoms with van der Waals surface area (Å²) in [7, 11) is -0.597. The maximum Gasteiger partial charge on any atom is 0.481 e. The highest BCUT2D eigenvalue weighted by Crippen LogP contribution is 2.65. The van der Waals surface area contributed by atoms with E-state index in [0.717, 1.165) is 64.2 Å². The summed E-state index contributed by atoms with van der Waals surface area (Å²) in [5, 5.41) is 16.0. The molecule has 1 aromatic rings. The van der Waals surface area contributed by atoms with E-state index >= 15 is 0 Å². The van der Waals surface area contributed by atoms with E-state index in [0.29, 0.717) is 55.2 Å². The average Bonchev–Trinajstić information content (AvgIpc) is 3.63. The zero-order chi connectivity index (χ0) is 41.3. The Morgan fingerprint density at radius 3 is 2.18 bits per heavy atom. The highest BCUT2D eigenvalue weighted by molar-refractivity contribution is 6.48. The van der Waals surface area contributed by atoms with Gasteiger partial charge in [-0.1, -0.05) is 90.2 Å². The zero-order valence-electron chi connectivity index (χ0n) is 34.6. The van der Waals surface area contributed by atoms with Crippen LogP contribution in [0.1, 0.15) is 152 Å². The van der Waals surface area contributed by atoms with E-state index in [1.54, 1.807) is 24.3 Å². The Balaban J connectivity index is 1.03. The van der Waals surface area contributed by atoms with Crippen LogP contribution in [0.25, 0.3) is 0 Å². The number of carbonyl (C=O) groups is 4. The minimum atomic E-state index is -0.838. The lowest BCUT2D eigenvalue weighted by Crippen LogP contribution is -2.65. The molecule has 0 aromatic heterocycles. The summed E-state index contributed by atoms with van der Waals surface area (Å²) in [6.07, 6.45) is 12.2. The summed E-state index contributed by atoms with van der Waals surface area (Å²) < 4.78 is 13.3. The Bertz CT molecular complexity index is 1610. The van der Waals surface area contributed by atoms with Crippen molar-refractivity contribution >= 4 is 36.7 Å². The predicted octanol–water partition coefficient (Wildman–Crippen LogP) is 5.34. The van der Waals surface area contributed by atoms with Gasteiger partial charge in [-0.3, -0.25) is 24.1 Å². The molecule has 5 N–H and O–H groups in total. The van der Waals surface area contributed by atoms with Gasteiger partial charge in [0.1, 0.15) is 6.04 Å². The van der Waals surface area contributed by atoms with Gasteiger partial charge < -0.3 is 25.7 Å². The normalized spacial score (nSPS) is 24.5. The van der Waals surface area contributed by atoms with E-state index in [1.807, 2.05) is 5.43 Å². The Kier molecular flexibility index (Phi) is 15.2. The molecule has 0 radical (unpaired) electrons. The molecule has 4 amide bonds. The minimum absolute atomic E-state index is 0.0253. The van der Waals surface area contributed by atoms with Crippen molar-refractivity contribution in [1.29, 1.82) is 0 Å². The molecule has 2 heterocycles. The summed E-state index contributed by atoms with van der Waals surface area (Å²) >= 11 is 0. The van der Waals surface area contributed by atoms with Gasteiger partial charge in [-0.05, 0) is 87.2 Å². The first-order valence-corrected chi connectivity index (χ1v) is 21.2. The van der Waals surface area contributed by atoms with E-state index in [1.165, 1.54) is 4.90 Å². The molecule has 3 aliphatic carbocycles. The number of hydrogen-bond donors (Lipinski definition) is 4. The predicted molar refractivity (Wildman–Crippen MR) is 217 cm³/mol. The minimum Gasteiger partial charge on any atom is -0.404 e. The number of benzene rings is 1. The lowest BCUT2D eigenvalue weighted by Gasteiger charge is -2.64. The van der Waals surface area contributed by atoms with Crippen LogP contribution in [-0.4, -0.2) is 83.4 Å². The summed E-state index contributed by atoms with van der Waals surface area (Å²) in [5.74, 6) is -0.429. The second kappa shape index (κ2) is 19.6. The number of unbranched alkanes of at least 4 members (excludes halogenated alkanes) is 8. The molecule has 6 rings (SSSR count). The van der Waals surface area contributed by atoms with Gasteiger partial charge in [-0.2, -0.15) is 0 Å². The third-order valence-corrected chi connectivity index (χ3v) is 12.8. The van der Waals surface area contributed by atoms with Crippen LogP contribution >= 0.6 is 0 Å². The van der Waals surface area contributed by atoms with Gasteiger partial charge in [0.15, 0.2) is 5.03 Å². The molecule has 2 bridgehead atoms. The molecule has 1 aromatic carbocycles. The van der Waals surface area contributed by atoms with Crippen molar-refractivity contribution in [2.24, 2.45) is 33.9 Å². The molecule has 3 saturated carbocycles. The van der Waals surface area contributed by atoms with Gasteiger partial charge in [0, 0.05) is 19.5 Å². The van der Waals surface area contributed by atoms with Crippen LogP contribution in [-0.2, 0) is 18.9 Å². The number of carbonyl (C=O) groups excluding carboxylic acids is 4. The lowest BCUT2D eigenvalue weighted by molar-refractivity contribution is -0.525. The van der Waals surface area contributed by atoms with Crippen LogP contribution < -0.4 is 21.8 Å². The number of nitro groups is 1. The Morgan fingerprint density at radius 2 is 1.58 bits per heavy atom. The van der Waals surface area contributed by atoms with Crippen molar-refractivity contribution in [3.8, 4) is 0 Å². The number of nitrogens with two attached hydrogens (primary N) is 1. The monoisotopic (exact) mass is 793 g/mol. The maximum atomic E-state index is 13.9. The third kappa shape index (κ3) is 10.9. The number of fused-ring (bicyclic) bond motifs is 1. The standard InChI is InChI=1S/C41H64BN7O8/c1-27(2)24-34(42-56-33-26-28-25-32(40(28,3)4)41(33,5)57-42)46-36(51)31(20-17-22-44-39(43)47-49(54)55)45-35(50)21-13-11-9-7-6-8-10-12-16-23-48-37(52)29-18-14-15-19-30(29)38(48)53/h14-15,18-19,27-28,31-34H,6-13,16-17,20-26H2,1-5H3,(H,45,50)(H,46,51)(H3,43,44,47)/t28-,31+,32-,33-,34+,41+/m1/s1. The van der Waals surface area contributed by atoms with Crippen molar-refractivity contribution in [2.75, 3.05) is 13.1 Å². The number of amides is 4. The number of imide groups is 1.